The zero-order valence-corrected chi connectivity index (χ0v) is 38.6. The third-order valence-electron chi connectivity index (χ3n) is 13.8. The van der Waals surface area contributed by atoms with E-state index in [1.165, 1.54) is 52.5 Å². The summed E-state index contributed by atoms with van der Waals surface area (Å²) in [7, 11) is 0. The van der Waals surface area contributed by atoms with Crippen molar-refractivity contribution in [2.45, 2.75) is 0 Å². The second kappa shape index (κ2) is 16.3. The van der Waals surface area contributed by atoms with E-state index in [1.807, 2.05) is 23.5 Å². The summed E-state index contributed by atoms with van der Waals surface area (Å²) in [6.07, 6.45) is 0. The number of nitrogens with zero attached hydrogens (tertiary/aromatic N) is 4. The molecule has 326 valence electrons. The Labute approximate surface area is 408 Å². The monoisotopic (exact) mass is 908 g/mol. The van der Waals surface area contributed by atoms with Gasteiger partial charge in [-0.05, 0) is 116 Å². The number of rotatable bonds is 7. The lowest BCUT2D eigenvalue weighted by Crippen LogP contribution is -2.02. The van der Waals surface area contributed by atoms with Crippen molar-refractivity contribution in [3.63, 3.8) is 0 Å². The molecule has 0 fully saturated rings. The van der Waals surface area contributed by atoms with E-state index in [4.69, 9.17) is 15.0 Å². The molecule has 0 amide bonds. The standard InChI is InChI=1S/C65H40N4S/c1-3-13-41(14-4-1)43-23-27-45(28-24-43)63-66-64(46-29-25-44(26-30-46)42-15-5-2-6-16-42)68-65(67-63)54-33-32-52(40-55(54)51-31-34-62-58(37-51)53-21-11-12-22-61(53)70-62)69-59-38-49-19-9-7-17-47(49)35-56(59)57-36-48-18-8-10-20-50(48)39-60(57)69/h1-40H. The second-order valence-corrected chi connectivity index (χ2v) is 19.1. The molecule has 0 radical (unpaired) electrons. The quantitative estimate of drug-likeness (QED) is 0.160. The van der Waals surface area contributed by atoms with Crippen LogP contribution >= 0.6 is 11.3 Å². The molecular formula is C65H40N4S. The summed E-state index contributed by atoms with van der Waals surface area (Å²) in [5.74, 6) is 1.83. The van der Waals surface area contributed by atoms with Crippen LogP contribution in [0, 0.1) is 0 Å². The van der Waals surface area contributed by atoms with Crippen LogP contribution < -0.4 is 0 Å². The summed E-state index contributed by atoms with van der Waals surface area (Å²) in [4.78, 5) is 16.0. The molecule has 14 aromatic rings. The molecule has 0 N–H and O–H groups in total. The largest absolute Gasteiger partial charge is 0.309 e. The molecule has 3 aromatic heterocycles. The summed E-state index contributed by atoms with van der Waals surface area (Å²) < 4.78 is 4.98. The van der Waals surface area contributed by atoms with Crippen molar-refractivity contribution in [1.82, 2.24) is 19.5 Å². The Hall–Kier alpha value is -9.03. The molecule has 3 heterocycles. The van der Waals surface area contributed by atoms with Gasteiger partial charge in [0.25, 0.3) is 0 Å². The van der Waals surface area contributed by atoms with E-state index in [2.05, 4.69) is 235 Å². The maximum atomic E-state index is 5.39. The molecule has 0 aliphatic heterocycles. The first kappa shape index (κ1) is 40.1. The van der Waals surface area contributed by atoms with Gasteiger partial charge in [-0.3, -0.25) is 0 Å². The Morgan fingerprint density at radius 3 is 1.29 bits per heavy atom. The van der Waals surface area contributed by atoms with Crippen LogP contribution in [0.5, 0.6) is 0 Å². The van der Waals surface area contributed by atoms with E-state index in [0.29, 0.717) is 17.5 Å². The van der Waals surface area contributed by atoms with Gasteiger partial charge >= 0.3 is 0 Å². The maximum Gasteiger partial charge on any atom is 0.164 e. The van der Waals surface area contributed by atoms with Crippen LogP contribution in [-0.4, -0.2) is 19.5 Å². The van der Waals surface area contributed by atoms with Crippen molar-refractivity contribution < 1.29 is 0 Å². The van der Waals surface area contributed by atoms with Crippen molar-refractivity contribution >= 4 is 74.9 Å². The number of benzene rings is 11. The van der Waals surface area contributed by atoms with Gasteiger partial charge in [0, 0.05) is 53.3 Å². The van der Waals surface area contributed by atoms with Crippen molar-refractivity contribution in [2.24, 2.45) is 0 Å². The molecule has 11 aromatic carbocycles. The van der Waals surface area contributed by atoms with E-state index < -0.39 is 0 Å². The smallest absolute Gasteiger partial charge is 0.164 e. The van der Waals surface area contributed by atoms with E-state index in [0.717, 1.165) is 66.8 Å². The van der Waals surface area contributed by atoms with E-state index in [9.17, 15) is 0 Å². The minimum absolute atomic E-state index is 0.607. The van der Waals surface area contributed by atoms with E-state index in [1.54, 1.807) is 0 Å². The predicted molar refractivity (Wildman–Crippen MR) is 295 cm³/mol. The number of hydrogen-bond donors (Lipinski definition) is 0. The fourth-order valence-corrected chi connectivity index (χ4v) is 11.4. The van der Waals surface area contributed by atoms with Gasteiger partial charge < -0.3 is 4.57 Å². The van der Waals surface area contributed by atoms with E-state index in [-0.39, 0.29) is 0 Å². The van der Waals surface area contributed by atoms with Gasteiger partial charge in [-0.15, -0.1) is 11.3 Å². The zero-order chi connectivity index (χ0) is 46.1. The molecule has 0 saturated carbocycles. The highest BCUT2D eigenvalue weighted by Gasteiger charge is 2.21. The van der Waals surface area contributed by atoms with Crippen LogP contribution in [0.1, 0.15) is 0 Å². The number of fused-ring (bicyclic) bond motifs is 8. The summed E-state index contributed by atoms with van der Waals surface area (Å²) in [5.41, 5.74) is 12.8. The predicted octanol–water partition coefficient (Wildman–Crippen LogP) is 17.6. The second-order valence-electron chi connectivity index (χ2n) is 18.0. The van der Waals surface area contributed by atoms with Crippen molar-refractivity contribution in [2.75, 3.05) is 0 Å². The highest BCUT2D eigenvalue weighted by Crippen LogP contribution is 2.43. The van der Waals surface area contributed by atoms with E-state index >= 15 is 0 Å². The first-order valence-electron chi connectivity index (χ1n) is 23.7. The van der Waals surface area contributed by atoms with Gasteiger partial charge in [0.1, 0.15) is 0 Å². The van der Waals surface area contributed by atoms with Gasteiger partial charge in [-0.1, -0.05) is 182 Å². The van der Waals surface area contributed by atoms with Crippen LogP contribution in [0.4, 0.5) is 0 Å². The average molecular weight is 909 g/mol. The fraction of sp³-hybridized carbons (Fsp3) is 0. The lowest BCUT2D eigenvalue weighted by Gasteiger charge is -2.16. The Balaban J connectivity index is 1.01. The fourth-order valence-electron chi connectivity index (χ4n) is 10.3. The third-order valence-corrected chi connectivity index (χ3v) is 15.0. The minimum Gasteiger partial charge on any atom is -0.309 e. The first-order valence-corrected chi connectivity index (χ1v) is 24.5. The topological polar surface area (TPSA) is 43.6 Å². The van der Waals surface area contributed by atoms with Crippen molar-refractivity contribution in [3.05, 3.63) is 243 Å². The molecule has 0 aliphatic carbocycles. The lowest BCUT2D eigenvalue weighted by atomic mass is 9.96. The molecule has 5 heteroatoms. The van der Waals surface area contributed by atoms with Crippen LogP contribution in [0.15, 0.2) is 243 Å². The highest BCUT2D eigenvalue weighted by atomic mass is 32.1. The lowest BCUT2D eigenvalue weighted by molar-refractivity contribution is 1.07. The molecule has 4 nitrogen and oxygen atoms in total. The number of thiophene rings is 1. The van der Waals surface area contributed by atoms with Gasteiger partial charge in [0.05, 0.1) is 11.0 Å². The van der Waals surface area contributed by atoms with Gasteiger partial charge in [-0.25, -0.2) is 15.0 Å². The average Bonchev–Trinajstić information content (AvgIpc) is 3.96. The van der Waals surface area contributed by atoms with Crippen LogP contribution in [0.3, 0.4) is 0 Å². The Kier molecular flexibility index (Phi) is 9.36. The van der Waals surface area contributed by atoms with Crippen LogP contribution in [-0.2, 0) is 0 Å². The first-order chi connectivity index (χ1) is 34.6. The Morgan fingerprint density at radius 1 is 0.271 bits per heavy atom. The molecular weight excluding hydrogens is 869 g/mol. The Bertz CT molecular complexity index is 4130. The summed E-state index contributed by atoms with van der Waals surface area (Å²) in [6, 6.07) is 87.2. The summed E-state index contributed by atoms with van der Waals surface area (Å²) in [6.45, 7) is 0. The molecule has 70 heavy (non-hydrogen) atoms. The summed E-state index contributed by atoms with van der Waals surface area (Å²) >= 11 is 1.83. The Morgan fingerprint density at radius 2 is 0.714 bits per heavy atom. The number of aromatic nitrogens is 4. The number of hydrogen-bond acceptors (Lipinski definition) is 4. The molecule has 0 aliphatic rings. The highest BCUT2D eigenvalue weighted by molar-refractivity contribution is 7.25. The SMILES string of the molecule is c1ccc(-c2ccc(-c3nc(-c4ccc(-c5ccccc5)cc4)nc(-c4ccc(-n5c6cc7ccccc7cc6c6cc7ccccc7cc65)cc4-c4ccc5sc6ccccc6c5c4)n3)cc2)cc1. The molecule has 0 atom stereocenters. The van der Waals surface area contributed by atoms with Crippen molar-refractivity contribution in [1.29, 1.82) is 0 Å². The zero-order valence-electron chi connectivity index (χ0n) is 37.8. The molecule has 0 spiro atoms. The minimum atomic E-state index is 0.607. The van der Waals surface area contributed by atoms with Crippen LogP contribution in [0.2, 0.25) is 0 Å². The normalized spacial score (nSPS) is 11.7. The molecule has 0 saturated heterocycles. The van der Waals surface area contributed by atoms with Gasteiger partial charge in [0.15, 0.2) is 17.5 Å². The summed E-state index contributed by atoms with van der Waals surface area (Å²) in [5, 5.41) is 9.78. The van der Waals surface area contributed by atoms with Gasteiger partial charge in [0.2, 0.25) is 0 Å². The van der Waals surface area contributed by atoms with Gasteiger partial charge in [-0.2, -0.15) is 0 Å². The third kappa shape index (κ3) is 6.86. The molecule has 0 unspecified atom stereocenters. The van der Waals surface area contributed by atoms with Crippen LogP contribution in [0.25, 0.3) is 137 Å². The maximum absolute atomic E-state index is 5.39. The molecule has 14 rings (SSSR count). The molecule has 0 bridgehead atoms. The van der Waals surface area contributed by atoms with Crippen molar-refractivity contribution in [3.8, 4) is 73.2 Å².